The predicted octanol–water partition coefficient (Wildman–Crippen LogP) is 0.0541. The van der Waals surface area contributed by atoms with Gasteiger partial charge in [-0.3, -0.25) is 0 Å². The molecule has 0 bridgehead atoms. The summed E-state index contributed by atoms with van der Waals surface area (Å²) in [6.07, 6.45) is 0. The topological polar surface area (TPSA) is 76.7 Å². The van der Waals surface area contributed by atoms with Gasteiger partial charge in [0, 0.05) is 18.7 Å². The summed E-state index contributed by atoms with van der Waals surface area (Å²) in [6.45, 7) is 1.17. The fourth-order valence-corrected chi connectivity index (χ4v) is 2.28. The van der Waals surface area contributed by atoms with Crippen molar-refractivity contribution in [2.45, 2.75) is 6.54 Å². The number of rotatable bonds is 6. The highest BCUT2D eigenvalue weighted by Gasteiger charge is 2.16. The van der Waals surface area contributed by atoms with E-state index in [-0.39, 0.29) is 12.5 Å². The Bertz CT molecular complexity index is 516. The Balaban J connectivity index is 1.86. The number of nitrogens with one attached hydrogen (secondary N) is 2. The van der Waals surface area contributed by atoms with Crippen molar-refractivity contribution in [3.8, 4) is 11.5 Å². The molecule has 1 aromatic rings. The molecule has 1 aliphatic heterocycles. The van der Waals surface area contributed by atoms with E-state index in [0.717, 1.165) is 17.1 Å². The highest BCUT2D eigenvalue weighted by molar-refractivity contribution is 7.89. The van der Waals surface area contributed by atoms with Gasteiger partial charge in [0.1, 0.15) is 0 Å². The minimum atomic E-state index is -3.15. The average Bonchev–Trinajstić information content (AvgIpc) is 2.83. The van der Waals surface area contributed by atoms with E-state index in [4.69, 9.17) is 9.47 Å². The molecular weight excluding hydrogens is 256 g/mol. The molecule has 6 nitrogen and oxygen atoms in total. The third-order valence-corrected chi connectivity index (χ3v) is 4.02. The van der Waals surface area contributed by atoms with Gasteiger partial charge in [-0.25, -0.2) is 13.1 Å². The third kappa shape index (κ3) is 3.12. The van der Waals surface area contributed by atoms with E-state index in [1.165, 1.54) is 7.05 Å². The summed E-state index contributed by atoms with van der Waals surface area (Å²) in [5, 5.41) is 3.07. The Morgan fingerprint density at radius 2 is 2.17 bits per heavy atom. The molecule has 0 saturated carbocycles. The molecule has 0 unspecified atom stereocenters. The molecule has 2 rings (SSSR count). The van der Waals surface area contributed by atoms with Crippen LogP contribution in [0.5, 0.6) is 11.5 Å². The zero-order chi connectivity index (χ0) is 13.0. The zero-order valence-corrected chi connectivity index (χ0v) is 10.9. The van der Waals surface area contributed by atoms with Gasteiger partial charge in [0.15, 0.2) is 11.5 Å². The standard InChI is InChI=1S/C11H16N2O4S/c1-12-18(14,15)6-5-13-7-9-3-2-4-10-11(9)17-8-16-10/h2-4,12-13H,5-8H2,1H3. The van der Waals surface area contributed by atoms with Crippen LogP contribution in [0.2, 0.25) is 0 Å². The number of ether oxygens (including phenoxy) is 2. The van der Waals surface area contributed by atoms with Gasteiger partial charge in [-0.05, 0) is 13.1 Å². The van der Waals surface area contributed by atoms with E-state index in [1.54, 1.807) is 0 Å². The lowest BCUT2D eigenvalue weighted by Gasteiger charge is -2.07. The van der Waals surface area contributed by atoms with E-state index in [0.29, 0.717) is 13.1 Å². The number of fused-ring (bicyclic) bond motifs is 1. The Morgan fingerprint density at radius 3 is 2.94 bits per heavy atom. The molecule has 0 spiro atoms. The molecule has 0 amide bonds. The van der Waals surface area contributed by atoms with Crippen molar-refractivity contribution in [3.63, 3.8) is 0 Å². The SMILES string of the molecule is CNS(=O)(=O)CCNCc1cccc2c1OCO2. The molecule has 0 aromatic heterocycles. The molecule has 0 radical (unpaired) electrons. The van der Waals surface area contributed by atoms with Crippen LogP contribution < -0.4 is 19.5 Å². The second-order valence-electron chi connectivity index (χ2n) is 3.85. The van der Waals surface area contributed by atoms with Gasteiger partial charge in [0.05, 0.1) is 5.75 Å². The van der Waals surface area contributed by atoms with Gasteiger partial charge in [0.2, 0.25) is 16.8 Å². The van der Waals surface area contributed by atoms with Crippen molar-refractivity contribution in [1.82, 2.24) is 10.0 Å². The van der Waals surface area contributed by atoms with Crippen LogP contribution in [0.25, 0.3) is 0 Å². The number of hydrogen-bond donors (Lipinski definition) is 2. The lowest BCUT2D eigenvalue weighted by Crippen LogP contribution is -2.29. The van der Waals surface area contributed by atoms with Crippen molar-refractivity contribution >= 4 is 10.0 Å². The van der Waals surface area contributed by atoms with Gasteiger partial charge in [-0.15, -0.1) is 0 Å². The van der Waals surface area contributed by atoms with Gasteiger partial charge in [-0.1, -0.05) is 12.1 Å². The van der Waals surface area contributed by atoms with Gasteiger partial charge in [0.25, 0.3) is 0 Å². The predicted molar refractivity (Wildman–Crippen MR) is 67.1 cm³/mol. The molecule has 1 heterocycles. The molecule has 100 valence electrons. The van der Waals surface area contributed by atoms with Crippen LogP contribution in [-0.4, -0.2) is 34.6 Å². The summed E-state index contributed by atoms with van der Waals surface area (Å²) < 4.78 is 35.3. The Morgan fingerprint density at radius 1 is 1.33 bits per heavy atom. The van der Waals surface area contributed by atoms with E-state index in [9.17, 15) is 8.42 Å². The van der Waals surface area contributed by atoms with Gasteiger partial charge in [-0.2, -0.15) is 0 Å². The fraction of sp³-hybridized carbons (Fsp3) is 0.455. The summed E-state index contributed by atoms with van der Waals surface area (Å²) in [6, 6.07) is 5.65. The monoisotopic (exact) mass is 272 g/mol. The van der Waals surface area contributed by atoms with Crippen molar-refractivity contribution in [3.05, 3.63) is 23.8 Å². The summed E-state index contributed by atoms with van der Waals surface area (Å²) in [5.41, 5.74) is 0.965. The van der Waals surface area contributed by atoms with Crippen molar-refractivity contribution in [1.29, 1.82) is 0 Å². The van der Waals surface area contributed by atoms with E-state index >= 15 is 0 Å². The van der Waals surface area contributed by atoms with E-state index in [1.807, 2.05) is 18.2 Å². The number of para-hydroxylation sites is 1. The summed E-state index contributed by atoms with van der Waals surface area (Å²) in [5.74, 6) is 1.52. The van der Waals surface area contributed by atoms with Crippen LogP contribution >= 0.6 is 0 Å². The third-order valence-electron chi connectivity index (χ3n) is 2.65. The van der Waals surface area contributed by atoms with Crippen molar-refractivity contribution < 1.29 is 17.9 Å². The molecule has 1 aromatic carbocycles. The van der Waals surface area contributed by atoms with Crippen LogP contribution in [0.15, 0.2) is 18.2 Å². The van der Waals surface area contributed by atoms with Crippen LogP contribution in [0.4, 0.5) is 0 Å². The molecule has 0 aliphatic carbocycles. The Labute approximate surface area is 106 Å². The highest BCUT2D eigenvalue weighted by Crippen LogP contribution is 2.35. The maximum atomic E-state index is 11.2. The van der Waals surface area contributed by atoms with Gasteiger partial charge < -0.3 is 14.8 Å². The maximum absolute atomic E-state index is 11.2. The number of sulfonamides is 1. The molecule has 0 fully saturated rings. The molecule has 2 N–H and O–H groups in total. The number of hydrogen-bond acceptors (Lipinski definition) is 5. The summed E-state index contributed by atoms with van der Waals surface area (Å²) in [7, 11) is -1.75. The van der Waals surface area contributed by atoms with E-state index in [2.05, 4.69) is 10.0 Å². The van der Waals surface area contributed by atoms with Crippen LogP contribution in [-0.2, 0) is 16.6 Å². The first kappa shape index (κ1) is 13.1. The summed E-state index contributed by atoms with van der Waals surface area (Å²) in [4.78, 5) is 0. The minimum absolute atomic E-state index is 0.0515. The fourth-order valence-electron chi connectivity index (χ4n) is 1.66. The van der Waals surface area contributed by atoms with Gasteiger partial charge >= 0.3 is 0 Å². The average molecular weight is 272 g/mol. The quantitative estimate of drug-likeness (QED) is 0.716. The van der Waals surface area contributed by atoms with Crippen LogP contribution in [0, 0.1) is 0 Å². The van der Waals surface area contributed by atoms with Crippen LogP contribution in [0.3, 0.4) is 0 Å². The number of benzene rings is 1. The lowest BCUT2D eigenvalue weighted by atomic mass is 10.2. The van der Waals surface area contributed by atoms with Crippen molar-refractivity contribution in [2.75, 3.05) is 26.1 Å². The second kappa shape index (κ2) is 5.55. The Hall–Kier alpha value is -1.31. The first-order chi connectivity index (χ1) is 8.62. The second-order valence-corrected chi connectivity index (χ2v) is 5.90. The molecule has 0 atom stereocenters. The summed E-state index contributed by atoms with van der Waals surface area (Å²) >= 11 is 0. The first-order valence-electron chi connectivity index (χ1n) is 5.62. The smallest absolute Gasteiger partial charge is 0.231 e. The molecule has 7 heteroatoms. The van der Waals surface area contributed by atoms with Crippen molar-refractivity contribution in [2.24, 2.45) is 0 Å². The molecule has 18 heavy (non-hydrogen) atoms. The largest absolute Gasteiger partial charge is 0.454 e. The Kier molecular flexibility index (Phi) is 4.05. The normalized spacial score (nSPS) is 13.8. The van der Waals surface area contributed by atoms with E-state index < -0.39 is 10.0 Å². The maximum Gasteiger partial charge on any atom is 0.231 e. The molecular formula is C11H16N2O4S. The molecule has 1 aliphatic rings. The van der Waals surface area contributed by atoms with Crippen LogP contribution in [0.1, 0.15) is 5.56 Å². The zero-order valence-electron chi connectivity index (χ0n) is 10.1. The lowest BCUT2D eigenvalue weighted by molar-refractivity contribution is 0.173. The molecule has 0 saturated heterocycles. The highest BCUT2D eigenvalue weighted by atomic mass is 32.2. The first-order valence-corrected chi connectivity index (χ1v) is 7.27. The minimum Gasteiger partial charge on any atom is -0.454 e.